The van der Waals surface area contributed by atoms with Gasteiger partial charge in [0.2, 0.25) is 11.8 Å². The summed E-state index contributed by atoms with van der Waals surface area (Å²) in [5.41, 5.74) is 10.7. The van der Waals surface area contributed by atoms with Crippen LogP contribution in [0.15, 0.2) is 72.8 Å². The summed E-state index contributed by atoms with van der Waals surface area (Å²) in [5.74, 6) is 1.22. The number of carbonyl (C=O) groups is 2. The van der Waals surface area contributed by atoms with E-state index in [1.165, 1.54) is 0 Å². The number of hydrogen-bond acceptors (Lipinski definition) is 8. The van der Waals surface area contributed by atoms with Gasteiger partial charge < -0.3 is 36.1 Å². The number of nitrogen functional groups attached to an aromatic ring is 1. The summed E-state index contributed by atoms with van der Waals surface area (Å²) in [6.07, 6.45) is 1.84. The van der Waals surface area contributed by atoms with Gasteiger partial charge in [-0.15, -0.1) is 0 Å². The van der Waals surface area contributed by atoms with Gasteiger partial charge >= 0.3 is 0 Å². The van der Waals surface area contributed by atoms with Gasteiger partial charge in [-0.25, -0.2) is 0 Å². The molecule has 1 saturated heterocycles. The Morgan fingerprint density at radius 2 is 1.53 bits per heavy atom. The monoisotopic (exact) mass is 607 g/mol. The number of nitrogens with two attached hydrogens (primary N) is 1. The van der Waals surface area contributed by atoms with E-state index < -0.39 is 6.29 Å². The van der Waals surface area contributed by atoms with Crippen LogP contribution in [-0.2, 0) is 32.2 Å². The van der Waals surface area contributed by atoms with Crippen molar-refractivity contribution in [3.63, 3.8) is 0 Å². The molecule has 230 valence electrons. The Bertz CT molecular complexity index is 1300. The van der Waals surface area contributed by atoms with Crippen LogP contribution in [0.4, 0.5) is 11.4 Å². The summed E-state index contributed by atoms with van der Waals surface area (Å²) >= 11 is 1.65. The van der Waals surface area contributed by atoms with Crippen LogP contribution in [0.3, 0.4) is 0 Å². The van der Waals surface area contributed by atoms with Gasteiger partial charge in [0.1, 0.15) is 0 Å². The van der Waals surface area contributed by atoms with Gasteiger partial charge in [0, 0.05) is 42.9 Å². The molecule has 1 aliphatic rings. The molecular formula is C33H41N3O6S. The average molecular weight is 608 g/mol. The number of thioether (sulfide) groups is 1. The molecule has 0 bridgehead atoms. The fourth-order valence-electron chi connectivity index (χ4n) is 4.78. The minimum absolute atomic E-state index is 0.00502. The molecule has 43 heavy (non-hydrogen) atoms. The van der Waals surface area contributed by atoms with Crippen molar-refractivity contribution < 1.29 is 29.3 Å². The first kappa shape index (κ1) is 32.5. The lowest BCUT2D eigenvalue weighted by Gasteiger charge is -2.36. The van der Waals surface area contributed by atoms with Gasteiger partial charge in [-0.3, -0.25) is 9.59 Å². The van der Waals surface area contributed by atoms with E-state index >= 15 is 0 Å². The Morgan fingerprint density at radius 1 is 0.860 bits per heavy atom. The maximum Gasteiger partial charge on any atom is 0.224 e. The van der Waals surface area contributed by atoms with Gasteiger partial charge in [-0.1, -0.05) is 60.7 Å². The lowest BCUT2D eigenvalue weighted by Crippen LogP contribution is -2.31. The number of benzene rings is 3. The van der Waals surface area contributed by atoms with Crippen LogP contribution in [0.1, 0.15) is 66.8 Å². The van der Waals surface area contributed by atoms with E-state index in [4.69, 9.17) is 15.2 Å². The molecule has 3 atom stereocenters. The third kappa shape index (κ3) is 10.4. The first-order valence-corrected chi connectivity index (χ1v) is 15.8. The van der Waals surface area contributed by atoms with Crippen LogP contribution in [0.25, 0.3) is 0 Å². The van der Waals surface area contributed by atoms with Gasteiger partial charge in [0.15, 0.2) is 6.29 Å². The quantitative estimate of drug-likeness (QED) is 0.122. The van der Waals surface area contributed by atoms with Crippen LogP contribution in [0, 0.1) is 0 Å². The van der Waals surface area contributed by atoms with Crippen LogP contribution < -0.4 is 16.4 Å². The second-order valence-corrected chi connectivity index (χ2v) is 11.7. The topological polar surface area (TPSA) is 143 Å². The fraction of sp³-hybridized carbons (Fsp3) is 0.394. The lowest BCUT2D eigenvalue weighted by atomic mass is 10.0. The van der Waals surface area contributed by atoms with E-state index in [9.17, 15) is 19.8 Å². The number of hydrogen-bond donors (Lipinski definition) is 5. The minimum Gasteiger partial charge on any atom is -0.397 e. The van der Waals surface area contributed by atoms with Crippen LogP contribution in [-0.4, -0.2) is 46.2 Å². The zero-order valence-corrected chi connectivity index (χ0v) is 25.1. The summed E-state index contributed by atoms with van der Waals surface area (Å²) < 4.78 is 12.7. The molecule has 3 aromatic carbocycles. The molecule has 0 saturated carbocycles. The highest BCUT2D eigenvalue weighted by Crippen LogP contribution is 2.38. The molecule has 0 spiro atoms. The summed E-state index contributed by atoms with van der Waals surface area (Å²) in [5, 5.41) is 24.3. The molecule has 3 aromatic rings. The van der Waals surface area contributed by atoms with Crippen molar-refractivity contribution in [2.45, 2.75) is 63.8 Å². The Balaban J connectivity index is 1.23. The van der Waals surface area contributed by atoms with Crippen molar-refractivity contribution in [3.8, 4) is 0 Å². The molecule has 6 N–H and O–H groups in total. The predicted molar refractivity (Wildman–Crippen MR) is 169 cm³/mol. The predicted octanol–water partition coefficient (Wildman–Crippen LogP) is 4.85. The molecule has 0 aromatic heterocycles. The van der Waals surface area contributed by atoms with E-state index in [1.807, 2.05) is 60.7 Å². The first-order valence-electron chi connectivity index (χ1n) is 14.6. The number of anilines is 2. The Hall–Kier alpha value is -3.41. The number of carbonyl (C=O) groups excluding carboxylic acids is 2. The van der Waals surface area contributed by atoms with E-state index in [1.54, 1.807) is 23.9 Å². The van der Waals surface area contributed by atoms with Crippen LogP contribution in [0.5, 0.6) is 0 Å². The van der Waals surface area contributed by atoms with Crippen molar-refractivity contribution in [2.24, 2.45) is 0 Å². The molecule has 0 radical (unpaired) electrons. The van der Waals surface area contributed by atoms with Crippen LogP contribution >= 0.6 is 11.8 Å². The maximum absolute atomic E-state index is 12.4. The highest BCUT2D eigenvalue weighted by atomic mass is 32.2. The highest BCUT2D eigenvalue weighted by molar-refractivity contribution is 7.99. The number of rotatable bonds is 15. The molecule has 2 amide bonds. The molecule has 0 aliphatic carbocycles. The highest BCUT2D eigenvalue weighted by Gasteiger charge is 2.32. The number of ether oxygens (including phenoxy) is 2. The smallest absolute Gasteiger partial charge is 0.224 e. The minimum atomic E-state index is -0.546. The molecule has 1 heterocycles. The largest absolute Gasteiger partial charge is 0.397 e. The van der Waals surface area contributed by atoms with Crippen molar-refractivity contribution in [3.05, 3.63) is 95.1 Å². The molecule has 10 heteroatoms. The van der Waals surface area contributed by atoms with E-state index in [0.29, 0.717) is 55.8 Å². The Labute approximate surface area is 257 Å². The third-order valence-corrected chi connectivity index (χ3v) is 8.27. The summed E-state index contributed by atoms with van der Waals surface area (Å²) in [6.45, 7) is 0.525. The SMILES string of the molecule is Nc1ccccc1NC(=O)CCCCC(=O)NCc1ccc([C@H]2O[C@@H](CSCCO)C[C@@H](c3ccc(CO)cc3)O2)cc1. The molecule has 1 fully saturated rings. The first-order chi connectivity index (χ1) is 20.9. The zero-order valence-electron chi connectivity index (χ0n) is 24.2. The van der Waals surface area contributed by atoms with Gasteiger partial charge in [0.25, 0.3) is 0 Å². The van der Waals surface area contributed by atoms with Crippen molar-refractivity contribution in [1.29, 1.82) is 0 Å². The number of nitrogens with one attached hydrogen (secondary N) is 2. The lowest BCUT2D eigenvalue weighted by molar-refractivity contribution is -0.245. The normalized spacial score (nSPS) is 18.2. The number of amides is 2. The van der Waals surface area contributed by atoms with E-state index in [0.717, 1.165) is 28.0 Å². The number of para-hydroxylation sites is 2. The Morgan fingerprint density at radius 3 is 2.23 bits per heavy atom. The second-order valence-electron chi connectivity index (χ2n) is 10.5. The molecule has 0 unspecified atom stereocenters. The average Bonchev–Trinajstić information content (AvgIpc) is 3.03. The van der Waals surface area contributed by atoms with E-state index in [-0.39, 0.29) is 37.2 Å². The number of aliphatic hydroxyl groups excluding tert-OH is 2. The molecular weight excluding hydrogens is 566 g/mol. The second kappa shape index (κ2) is 17.0. The summed E-state index contributed by atoms with van der Waals surface area (Å²) in [6, 6.07) is 22.7. The molecule has 4 rings (SSSR count). The van der Waals surface area contributed by atoms with Gasteiger partial charge in [0.05, 0.1) is 36.8 Å². The van der Waals surface area contributed by atoms with Crippen molar-refractivity contribution in [1.82, 2.24) is 5.32 Å². The van der Waals surface area contributed by atoms with Crippen LogP contribution in [0.2, 0.25) is 0 Å². The number of unbranched alkanes of at least 4 members (excludes halogenated alkanes) is 1. The molecule has 9 nitrogen and oxygen atoms in total. The number of aliphatic hydroxyl groups is 2. The maximum atomic E-state index is 12.4. The van der Waals surface area contributed by atoms with Crippen molar-refractivity contribution >= 4 is 35.0 Å². The van der Waals surface area contributed by atoms with Gasteiger partial charge in [-0.2, -0.15) is 11.8 Å². The fourth-order valence-corrected chi connectivity index (χ4v) is 5.55. The summed E-state index contributed by atoms with van der Waals surface area (Å²) in [7, 11) is 0. The van der Waals surface area contributed by atoms with E-state index in [2.05, 4.69) is 10.6 Å². The van der Waals surface area contributed by atoms with Gasteiger partial charge in [-0.05, 0) is 41.7 Å². The summed E-state index contributed by atoms with van der Waals surface area (Å²) in [4.78, 5) is 24.5. The zero-order chi connectivity index (χ0) is 30.4. The Kier molecular flexibility index (Phi) is 12.9. The third-order valence-electron chi connectivity index (χ3n) is 7.19. The van der Waals surface area contributed by atoms with Crippen molar-refractivity contribution in [2.75, 3.05) is 29.2 Å². The molecule has 1 aliphatic heterocycles. The standard InChI is InChI=1S/C33H41N3O6S/c34-28-5-1-2-6-29(28)36-32(40)8-4-3-7-31(39)35-20-23-9-15-26(16-10-23)33-41-27(22-43-18-17-37)19-30(42-33)25-13-11-24(21-38)12-14-25/h1-2,5-6,9-16,27,30,33,37-38H,3-4,7-8,17-22,34H2,(H,35,39)(H,36,40)/t27-,30+,33+/m1/s1.